The number of carbonyl (C=O) groups excluding carboxylic acids is 4. The highest BCUT2D eigenvalue weighted by molar-refractivity contribution is 7.86. The smallest absolute Gasteiger partial charge is 0.303 e. The van der Waals surface area contributed by atoms with Crippen molar-refractivity contribution in [3.8, 4) is 0 Å². The van der Waals surface area contributed by atoms with Gasteiger partial charge in [-0.25, -0.2) is 0 Å². The first-order valence-electron chi connectivity index (χ1n) is 9.09. The normalized spacial score (nSPS) is 30.9. The molecule has 2 rings (SSSR count). The van der Waals surface area contributed by atoms with E-state index in [1.165, 1.54) is 18.7 Å². The van der Waals surface area contributed by atoms with Crippen LogP contribution in [0.1, 0.15) is 27.7 Å². The summed E-state index contributed by atoms with van der Waals surface area (Å²) >= 11 is 0. The largest absolute Gasteiger partial charge is 0.463 e. The molecule has 0 bridgehead atoms. The Balaban J connectivity index is 2.49. The molecular weight excluding hydrogens is 426 g/mol. The summed E-state index contributed by atoms with van der Waals surface area (Å²) in [5.74, 6) is -2.53. The molecule has 2 saturated heterocycles. The Kier molecular flexibility index (Phi) is 7.42. The van der Waals surface area contributed by atoms with Gasteiger partial charge in [-0.15, -0.1) is 0 Å². The average molecular weight is 451 g/mol. The van der Waals surface area contributed by atoms with E-state index in [1.807, 2.05) is 0 Å². The number of likely N-dealkylation sites (tertiary alicyclic amines) is 1. The molecule has 2 aliphatic heterocycles. The lowest BCUT2D eigenvalue weighted by Gasteiger charge is -2.45. The second kappa shape index (κ2) is 9.27. The Hall–Kier alpha value is -2.25. The predicted octanol–water partition coefficient (Wildman–Crippen LogP) is -1.24. The van der Waals surface area contributed by atoms with Crippen molar-refractivity contribution in [2.24, 2.45) is 0 Å². The van der Waals surface area contributed by atoms with E-state index in [-0.39, 0.29) is 13.2 Å². The molecule has 0 aromatic heterocycles. The molecule has 2 heterocycles. The fraction of sp³-hybridized carbons (Fsp3) is 0.765. The van der Waals surface area contributed by atoms with E-state index in [4.69, 9.17) is 23.1 Å². The molecule has 0 aromatic carbocycles. The van der Waals surface area contributed by atoms with E-state index in [0.717, 1.165) is 20.1 Å². The Morgan fingerprint density at radius 1 is 0.967 bits per heavy atom. The predicted molar refractivity (Wildman–Crippen MR) is 97.3 cm³/mol. The SMILES string of the molecule is CC(=O)OC[C@H]1O[C@H]2[C@@H]([C@@H](OC(C)=O)[C@H]1OC(C)=O)N(C(C)=O)C[C@H]2OS(C)(=O)=O. The number of fused-ring (bicyclic) bond motifs is 1. The van der Waals surface area contributed by atoms with Gasteiger partial charge >= 0.3 is 17.9 Å². The van der Waals surface area contributed by atoms with Gasteiger partial charge in [0.2, 0.25) is 5.91 Å². The van der Waals surface area contributed by atoms with Gasteiger partial charge in [-0.2, -0.15) is 8.42 Å². The number of rotatable bonds is 6. The number of nitrogens with zero attached hydrogens (tertiary/aromatic N) is 1. The summed E-state index contributed by atoms with van der Waals surface area (Å²) in [7, 11) is -3.92. The number of hydrogen-bond acceptors (Lipinski definition) is 11. The zero-order valence-electron chi connectivity index (χ0n) is 17.2. The summed E-state index contributed by atoms with van der Waals surface area (Å²) in [6, 6.07) is -0.990. The highest BCUT2D eigenvalue weighted by Crippen LogP contribution is 2.37. The lowest BCUT2D eigenvalue weighted by Crippen LogP contribution is -2.64. The quantitative estimate of drug-likeness (QED) is 0.271. The van der Waals surface area contributed by atoms with Crippen LogP contribution in [0.5, 0.6) is 0 Å². The second-order valence-corrected chi connectivity index (χ2v) is 8.69. The molecule has 12 nitrogen and oxygen atoms in total. The highest BCUT2D eigenvalue weighted by Gasteiger charge is 2.59. The fourth-order valence-electron chi connectivity index (χ4n) is 3.68. The molecule has 0 radical (unpaired) electrons. The van der Waals surface area contributed by atoms with Crippen molar-refractivity contribution in [2.45, 2.75) is 64.3 Å². The monoisotopic (exact) mass is 451 g/mol. The average Bonchev–Trinajstić information content (AvgIpc) is 2.91. The second-order valence-electron chi connectivity index (χ2n) is 7.09. The summed E-state index contributed by atoms with van der Waals surface area (Å²) in [4.78, 5) is 48.2. The van der Waals surface area contributed by atoms with Crippen molar-refractivity contribution in [3.63, 3.8) is 0 Å². The Morgan fingerprint density at radius 3 is 2.00 bits per heavy atom. The highest BCUT2D eigenvalue weighted by atomic mass is 32.2. The van der Waals surface area contributed by atoms with E-state index >= 15 is 0 Å². The number of esters is 3. The molecule has 6 atom stereocenters. The molecule has 0 spiro atoms. The van der Waals surface area contributed by atoms with Crippen LogP contribution in [0, 0.1) is 0 Å². The van der Waals surface area contributed by atoms with Crippen LogP contribution in [0.15, 0.2) is 0 Å². The molecule has 0 N–H and O–H groups in total. The van der Waals surface area contributed by atoms with E-state index in [1.54, 1.807) is 0 Å². The molecule has 0 saturated carbocycles. The van der Waals surface area contributed by atoms with Crippen LogP contribution < -0.4 is 0 Å². The summed E-state index contributed by atoms with van der Waals surface area (Å²) in [5, 5.41) is 0. The van der Waals surface area contributed by atoms with Gasteiger partial charge in [0, 0.05) is 27.7 Å². The molecule has 0 aliphatic carbocycles. The van der Waals surface area contributed by atoms with Gasteiger partial charge in [0.05, 0.1) is 12.8 Å². The number of ether oxygens (including phenoxy) is 4. The molecule has 13 heteroatoms. The molecule has 2 aliphatic rings. The maximum absolute atomic E-state index is 12.2. The van der Waals surface area contributed by atoms with E-state index in [0.29, 0.717) is 0 Å². The van der Waals surface area contributed by atoms with Crippen LogP contribution in [-0.2, 0) is 52.4 Å². The summed E-state index contributed by atoms with van der Waals surface area (Å²) in [6.45, 7) is 4.15. The molecular formula is C17H25NO11S. The van der Waals surface area contributed by atoms with Gasteiger partial charge in [0.1, 0.15) is 31.0 Å². The first-order chi connectivity index (χ1) is 13.8. The van der Waals surface area contributed by atoms with Crippen molar-refractivity contribution >= 4 is 33.9 Å². The van der Waals surface area contributed by atoms with Crippen LogP contribution in [0.2, 0.25) is 0 Å². The van der Waals surface area contributed by atoms with Gasteiger partial charge < -0.3 is 23.8 Å². The summed E-state index contributed by atoms with van der Waals surface area (Å²) < 4.78 is 50.0. The van der Waals surface area contributed by atoms with Crippen molar-refractivity contribution in [1.82, 2.24) is 4.90 Å². The third kappa shape index (κ3) is 5.89. The van der Waals surface area contributed by atoms with Crippen molar-refractivity contribution < 1.29 is 50.7 Å². The van der Waals surface area contributed by atoms with Crippen LogP contribution >= 0.6 is 0 Å². The molecule has 1 amide bonds. The lowest BCUT2D eigenvalue weighted by atomic mass is 9.92. The van der Waals surface area contributed by atoms with Crippen LogP contribution in [0.3, 0.4) is 0 Å². The molecule has 2 fully saturated rings. The molecule has 0 unspecified atom stereocenters. The Morgan fingerprint density at radius 2 is 1.53 bits per heavy atom. The van der Waals surface area contributed by atoms with Gasteiger partial charge in [-0.1, -0.05) is 0 Å². The third-order valence-electron chi connectivity index (χ3n) is 4.56. The van der Waals surface area contributed by atoms with E-state index in [9.17, 15) is 27.6 Å². The van der Waals surface area contributed by atoms with Crippen molar-refractivity contribution in [2.75, 3.05) is 19.4 Å². The van der Waals surface area contributed by atoms with Crippen LogP contribution in [-0.4, -0.2) is 93.1 Å². The van der Waals surface area contributed by atoms with Gasteiger partial charge in [-0.3, -0.25) is 23.4 Å². The van der Waals surface area contributed by atoms with Crippen LogP contribution in [0.4, 0.5) is 0 Å². The van der Waals surface area contributed by atoms with Crippen LogP contribution in [0.25, 0.3) is 0 Å². The van der Waals surface area contributed by atoms with E-state index < -0.39 is 70.5 Å². The zero-order valence-corrected chi connectivity index (χ0v) is 18.0. The van der Waals surface area contributed by atoms with Gasteiger partial charge in [-0.05, 0) is 0 Å². The summed E-state index contributed by atoms with van der Waals surface area (Å²) in [6.07, 6.45) is -4.83. The molecule has 0 aromatic rings. The minimum absolute atomic E-state index is 0.164. The summed E-state index contributed by atoms with van der Waals surface area (Å²) in [5.41, 5.74) is 0. The molecule has 30 heavy (non-hydrogen) atoms. The Labute approximate surface area is 173 Å². The first-order valence-corrected chi connectivity index (χ1v) is 10.9. The lowest BCUT2D eigenvalue weighted by molar-refractivity contribution is -0.230. The minimum atomic E-state index is -3.92. The Bertz CT molecular complexity index is 811. The minimum Gasteiger partial charge on any atom is -0.463 e. The number of hydrogen-bond donors (Lipinski definition) is 0. The number of carbonyl (C=O) groups is 4. The van der Waals surface area contributed by atoms with Crippen molar-refractivity contribution in [1.29, 1.82) is 0 Å². The van der Waals surface area contributed by atoms with E-state index in [2.05, 4.69) is 0 Å². The number of amides is 1. The first kappa shape index (κ1) is 24.0. The fourth-order valence-corrected chi connectivity index (χ4v) is 4.30. The third-order valence-corrected chi connectivity index (χ3v) is 5.15. The maximum Gasteiger partial charge on any atom is 0.303 e. The van der Waals surface area contributed by atoms with Gasteiger partial charge in [0.25, 0.3) is 10.1 Å². The maximum atomic E-state index is 12.2. The zero-order chi connectivity index (χ0) is 22.8. The molecule has 170 valence electrons. The standard InChI is InChI=1S/C17H25NO11S/c1-8(19)18-6-12(29-30(5,23)24)15-14(18)17(27-11(4)22)16(26-10(3)21)13(28-15)7-25-9(2)20/h12-17H,6-7H2,1-5H3/t12-,13-,14+,15-,16+,17-/m1/s1. The topological polar surface area (TPSA) is 152 Å². The van der Waals surface area contributed by atoms with Gasteiger partial charge in [0.15, 0.2) is 12.2 Å². The van der Waals surface area contributed by atoms with Crippen molar-refractivity contribution in [3.05, 3.63) is 0 Å².